The number of nitrogens with one attached hydrogen (secondary N) is 1. The van der Waals surface area contributed by atoms with Gasteiger partial charge in [0.15, 0.2) is 5.78 Å². The summed E-state index contributed by atoms with van der Waals surface area (Å²) in [5.41, 5.74) is 0.596. The number of carbonyl (C=O) groups excluding carboxylic acids is 2. The zero-order valence-electron chi connectivity index (χ0n) is 12.9. The summed E-state index contributed by atoms with van der Waals surface area (Å²) in [4.78, 5) is 24.3. The van der Waals surface area contributed by atoms with Crippen molar-refractivity contribution in [2.75, 3.05) is 5.32 Å². The molecule has 5 heteroatoms. The van der Waals surface area contributed by atoms with E-state index in [0.717, 1.165) is 6.07 Å². The predicted octanol–water partition coefficient (Wildman–Crippen LogP) is 3.82. The summed E-state index contributed by atoms with van der Waals surface area (Å²) in [7, 11) is 0. The maximum absolute atomic E-state index is 13.2. The molecule has 0 spiro atoms. The summed E-state index contributed by atoms with van der Waals surface area (Å²) in [6.45, 7) is 3.71. The predicted molar refractivity (Wildman–Crippen MR) is 84.4 cm³/mol. The van der Waals surface area contributed by atoms with Crippen molar-refractivity contribution in [3.05, 3.63) is 59.4 Å². The first-order chi connectivity index (χ1) is 10.8. The molecule has 1 N–H and O–H groups in total. The maximum atomic E-state index is 13.2. The minimum Gasteiger partial charge on any atom is -0.487 e. The average Bonchev–Trinajstić information content (AvgIpc) is 2.47. The van der Waals surface area contributed by atoms with Crippen LogP contribution in [0.5, 0.6) is 5.75 Å². The zero-order chi connectivity index (χ0) is 16.6. The third-order valence-corrected chi connectivity index (χ3v) is 3.60. The molecule has 1 heterocycles. The zero-order valence-corrected chi connectivity index (χ0v) is 12.9. The normalized spacial score (nSPS) is 15.5. The van der Waals surface area contributed by atoms with E-state index in [0.29, 0.717) is 17.0 Å². The summed E-state index contributed by atoms with van der Waals surface area (Å²) in [6, 6.07) is 10.3. The summed E-state index contributed by atoms with van der Waals surface area (Å²) < 4.78 is 18.9. The average molecular weight is 313 g/mol. The van der Waals surface area contributed by atoms with Crippen LogP contribution in [0.15, 0.2) is 42.5 Å². The lowest BCUT2D eigenvalue weighted by atomic mass is 9.93. The number of anilines is 1. The molecule has 0 saturated heterocycles. The van der Waals surface area contributed by atoms with Gasteiger partial charge in [-0.2, -0.15) is 0 Å². The van der Waals surface area contributed by atoms with Crippen molar-refractivity contribution in [1.82, 2.24) is 0 Å². The van der Waals surface area contributed by atoms with Crippen LogP contribution < -0.4 is 10.1 Å². The Morgan fingerprint density at radius 3 is 2.74 bits per heavy atom. The number of halogens is 1. The highest BCUT2D eigenvalue weighted by atomic mass is 19.1. The number of ketones is 1. The lowest BCUT2D eigenvalue weighted by Crippen LogP contribution is -2.35. The van der Waals surface area contributed by atoms with Gasteiger partial charge in [0.1, 0.15) is 17.2 Å². The van der Waals surface area contributed by atoms with Crippen LogP contribution in [0.1, 0.15) is 41.0 Å². The van der Waals surface area contributed by atoms with Crippen LogP contribution in [0.3, 0.4) is 0 Å². The number of carbonyl (C=O) groups is 2. The Hall–Kier alpha value is -2.69. The molecule has 4 nitrogen and oxygen atoms in total. The van der Waals surface area contributed by atoms with Gasteiger partial charge in [-0.25, -0.2) is 4.39 Å². The van der Waals surface area contributed by atoms with Gasteiger partial charge >= 0.3 is 0 Å². The fourth-order valence-corrected chi connectivity index (χ4v) is 2.56. The number of benzene rings is 2. The molecule has 0 unspecified atom stereocenters. The van der Waals surface area contributed by atoms with Crippen LogP contribution >= 0.6 is 0 Å². The summed E-state index contributed by atoms with van der Waals surface area (Å²) in [6.07, 6.45) is 0.279. The molecule has 2 aromatic carbocycles. The molecule has 0 fully saturated rings. The van der Waals surface area contributed by atoms with Crippen LogP contribution in [0.2, 0.25) is 0 Å². The number of fused-ring (bicyclic) bond motifs is 1. The van der Waals surface area contributed by atoms with Crippen molar-refractivity contribution >= 4 is 17.4 Å². The minimum atomic E-state index is -0.531. The molecule has 0 radical (unpaired) electrons. The Kier molecular flexibility index (Phi) is 3.64. The Labute approximate surface area is 133 Å². The van der Waals surface area contributed by atoms with Crippen molar-refractivity contribution in [2.45, 2.75) is 25.9 Å². The Bertz CT molecular complexity index is 799. The van der Waals surface area contributed by atoms with Crippen LogP contribution in [0.25, 0.3) is 0 Å². The van der Waals surface area contributed by atoms with Crippen molar-refractivity contribution in [3.63, 3.8) is 0 Å². The molecule has 0 saturated carbocycles. The third kappa shape index (κ3) is 3.23. The second-order valence-corrected chi connectivity index (χ2v) is 6.14. The second-order valence-electron chi connectivity index (χ2n) is 6.14. The summed E-state index contributed by atoms with van der Waals surface area (Å²) in [5.74, 6) is -0.434. The van der Waals surface area contributed by atoms with Crippen molar-refractivity contribution in [2.24, 2.45) is 0 Å². The van der Waals surface area contributed by atoms with Crippen molar-refractivity contribution in [1.29, 1.82) is 0 Å². The van der Waals surface area contributed by atoms with Crippen LogP contribution in [0, 0.1) is 5.82 Å². The van der Waals surface area contributed by atoms with E-state index >= 15 is 0 Å². The van der Waals surface area contributed by atoms with E-state index in [2.05, 4.69) is 5.32 Å². The minimum absolute atomic E-state index is 0.0295. The quantitative estimate of drug-likeness (QED) is 0.917. The molecule has 1 aliphatic heterocycles. The van der Waals surface area contributed by atoms with Gasteiger partial charge in [0.05, 0.1) is 12.0 Å². The van der Waals surface area contributed by atoms with Gasteiger partial charge in [-0.05, 0) is 50.2 Å². The monoisotopic (exact) mass is 313 g/mol. The van der Waals surface area contributed by atoms with Gasteiger partial charge in [-0.3, -0.25) is 9.59 Å². The van der Waals surface area contributed by atoms with E-state index in [9.17, 15) is 14.0 Å². The first kappa shape index (κ1) is 15.2. The molecule has 23 heavy (non-hydrogen) atoms. The molecular formula is C18H16FNO3. The molecular weight excluding hydrogens is 297 g/mol. The second kappa shape index (κ2) is 5.50. The standard InChI is InChI=1S/C18H16FNO3/c1-18(2)10-15(21)14-9-13(6-7-16(14)23-18)20-17(22)11-4-3-5-12(19)8-11/h3-9H,10H2,1-2H3,(H,20,22). The fraction of sp³-hybridized carbons (Fsp3) is 0.222. The van der Waals surface area contributed by atoms with Gasteiger partial charge in [0.25, 0.3) is 5.91 Å². The lowest BCUT2D eigenvalue weighted by molar-refractivity contribution is 0.0620. The van der Waals surface area contributed by atoms with Gasteiger partial charge < -0.3 is 10.1 Å². The smallest absolute Gasteiger partial charge is 0.255 e. The molecule has 0 aromatic heterocycles. The van der Waals surface area contributed by atoms with E-state index in [4.69, 9.17) is 4.74 Å². The Balaban J connectivity index is 1.84. The van der Waals surface area contributed by atoms with Gasteiger partial charge in [0.2, 0.25) is 0 Å². The first-order valence-corrected chi connectivity index (χ1v) is 7.27. The Morgan fingerprint density at radius 2 is 2.00 bits per heavy atom. The number of Topliss-reactive ketones (excluding diaryl/α,β-unsaturated/α-hetero) is 1. The number of hydrogen-bond acceptors (Lipinski definition) is 3. The topological polar surface area (TPSA) is 55.4 Å². The van der Waals surface area contributed by atoms with E-state index in [1.165, 1.54) is 18.2 Å². The SMILES string of the molecule is CC1(C)CC(=O)c2cc(NC(=O)c3cccc(F)c3)ccc2O1. The third-order valence-electron chi connectivity index (χ3n) is 3.60. The number of amides is 1. The lowest BCUT2D eigenvalue weighted by Gasteiger charge is -2.31. The van der Waals surface area contributed by atoms with Crippen LogP contribution in [-0.2, 0) is 0 Å². The highest BCUT2D eigenvalue weighted by Gasteiger charge is 2.32. The molecule has 0 aliphatic carbocycles. The Morgan fingerprint density at radius 1 is 1.22 bits per heavy atom. The van der Waals surface area contributed by atoms with E-state index in [1.807, 2.05) is 13.8 Å². The van der Waals surface area contributed by atoms with Crippen molar-refractivity contribution in [3.8, 4) is 5.75 Å². The highest BCUT2D eigenvalue weighted by molar-refractivity contribution is 6.06. The summed E-state index contributed by atoms with van der Waals surface area (Å²) >= 11 is 0. The van der Waals surface area contributed by atoms with Crippen LogP contribution in [-0.4, -0.2) is 17.3 Å². The molecule has 0 bridgehead atoms. The number of ether oxygens (including phenoxy) is 1. The molecule has 0 atom stereocenters. The van der Waals surface area contributed by atoms with E-state index in [-0.39, 0.29) is 17.8 Å². The molecule has 118 valence electrons. The van der Waals surface area contributed by atoms with Gasteiger partial charge in [0, 0.05) is 11.3 Å². The molecule has 2 aromatic rings. The van der Waals surface area contributed by atoms with Crippen LogP contribution in [0.4, 0.5) is 10.1 Å². The number of rotatable bonds is 2. The van der Waals surface area contributed by atoms with Gasteiger partial charge in [-0.1, -0.05) is 6.07 Å². The fourth-order valence-electron chi connectivity index (χ4n) is 2.56. The van der Waals surface area contributed by atoms with E-state index in [1.54, 1.807) is 18.2 Å². The number of hydrogen-bond donors (Lipinski definition) is 1. The molecule has 1 amide bonds. The van der Waals surface area contributed by atoms with Crippen molar-refractivity contribution < 1.29 is 18.7 Å². The van der Waals surface area contributed by atoms with Gasteiger partial charge in [-0.15, -0.1) is 0 Å². The molecule has 1 aliphatic rings. The maximum Gasteiger partial charge on any atom is 0.255 e. The molecule has 3 rings (SSSR count). The summed E-state index contributed by atoms with van der Waals surface area (Å²) in [5, 5.41) is 2.66. The first-order valence-electron chi connectivity index (χ1n) is 7.27. The largest absolute Gasteiger partial charge is 0.487 e. The highest BCUT2D eigenvalue weighted by Crippen LogP contribution is 2.34. The van der Waals surface area contributed by atoms with E-state index < -0.39 is 17.3 Å².